The largest absolute Gasteiger partial charge is 0.454 e. The summed E-state index contributed by atoms with van der Waals surface area (Å²) in [5.41, 5.74) is 2.14. The Morgan fingerprint density at radius 2 is 1.84 bits per heavy atom. The maximum Gasteiger partial charge on any atom is 0.231 e. The Balaban J connectivity index is 0.00000182. The minimum absolute atomic E-state index is 0. The van der Waals surface area contributed by atoms with Crippen molar-refractivity contribution in [3.63, 3.8) is 0 Å². The van der Waals surface area contributed by atoms with Crippen LogP contribution >= 0.6 is 24.6 Å². The molecule has 2 aromatic rings. The van der Waals surface area contributed by atoms with Crippen LogP contribution in [0.3, 0.4) is 0 Å². The molecule has 1 saturated heterocycles. The summed E-state index contributed by atoms with van der Waals surface area (Å²) in [6.45, 7) is 5.08. The lowest BCUT2D eigenvalue weighted by molar-refractivity contribution is 0.173. The van der Waals surface area contributed by atoms with Gasteiger partial charge in [-0.05, 0) is 29.8 Å². The van der Waals surface area contributed by atoms with Crippen LogP contribution in [0.25, 0.3) is 0 Å². The highest BCUT2D eigenvalue weighted by Crippen LogP contribution is 2.32. The van der Waals surface area contributed by atoms with Crippen molar-refractivity contribution < 1.29 is 9.47 Å². The number of hydrogen-bond acceptors (Lipinski definition) is 5. The van der Waals surface area contributed by atoms with E-state index in [-0.39, 0.29) is 12.4 Å². The van der Waals surface area contributed by atoms with E-state index in [2.05, 4.69) is 26.9 Å². The number of pyridine rings is 1. The van der Waals surface area contributed by atoms with Crippen LogP contribution in [-0.2, 0) is 6.54 Å². The summed E-state index contributed by atoms with van der Waals surface area (Å²) in [5.74, 6) is 1.69. The normalized spacial score (nSPS) is 16.4. The summed E-state index contributed by atoms with van der Waals surface area (Å²) < 4.78 is 10.8. The van der Waals surface area contributed by atoms with Gasteiger partial charge in [0.15, 0.2) is 11.5 Å². The van der Waals surface area contributed by atoms with Gasteiger partial charge >= 0.3 is 0 Å². The molecule has 0 N–H and O–H groups in total. The van der Waals surface area contributed by atoms with E-state index in [9.17, 15) is 0 Å². The van der Waals surface area contributed by atoms with Gasteiger partial charge in [-0.1, -0.05) is 24.4 Å². The van der Waals surface area contributed by atoms with Crippen LogP contribution in [0.5, 0.6) is 11.5 Å². The molecular formula is C18H20ClN3O2S. The number of rotatable bonds is 3. The predicted molar refractivity (Wildman–Crippen MR) is 103 cm³/mol. The third kappa shape index (κ3) is 4.03. The van der Waals surface area contributed by atoms with Crippen molar-refractivity contribution >= 4 is 29.6 Å². The average Bonchev–Trinajstić information content (AvgIpc) is 3.10. The highest BCUT2D eigenvalue weighted by atomic mass is 35.5. The molecule has 1 aromatic carbocycles. The first-order valence-electron chi connectivity index (χ1n) is 8.11. The van der Waals surface area contributed by atoms with Gasteiger partial charge in [0.1, 0.15) is 4.99 Å². The van der Waals surface area contributed by atoms with Gasteiger partial charge in [0.05, 0.1) is 5.69 Å². The number of fused-ring (bicyclic) bond motifs is 1. The maximum absolute atomic E-state index is 5.58. The van der Waals surface area contributed by atoms with Gasteiger partial charge in [-0.2, -0.15) is 0 Å². The lowest BCUT2D eigenvalue weighted by Gasteiger charge is -2.36. The molecule has 0 aliphatic carbocycles. The van der Waals surface area contributed by atoms with Crippen LogP contribution in [0.2, 0.25) is 0 Å². The van der Waals surface area contributed by atoms with Gasteiger partial charge in [-0.25, -0.2) is 0 Å². The second kappa shape index (κ2) is 7.99. The number of halogens is 1. The van der Waals surface area contributed by atoms with Crippen LogP contribution in [-0.4, -0.2) is 52.7 Å². The molecule has 0 atom stereocenters. The second-order valence-corrected chi connectivity index (χ2v) is 6.36. The number of hydrogen-bond donors (Lipinski definition) is 0. The number of benzene rings is 1. The monoisotopic (exact) mass is 377 g/mol. The van der Waals surface area contributed by atoms with Crippen LogP contribution < -0.4 is 9.47 Å². The number of aromatic nitrogens is 1. The summed E-state index contributed by atoms with van der Waals surface area (Å²) in [6.07, 6.45) is 1.79. The number of piperazine rings is 1. The van der Waals surface area contributed by atoms with E-state index in [4.69, 9.17) is 21.7 Å². The molecule has 1 aromatic heterocycles. The zero-order valence-corrected chi connectivity index (χ0v) is 15.4. The molecule has 0 spiro atoms. The van der Waals surface area contributed by atoms with E-state index in [1.54, 1.807) is 6.20 Å². The standard InChI is InChI=1S/C18H19N3O2S.ClH/c24-18(15-3-1-2-6-19-15)21-9-7-20(8-10-21)12-14-4-5-16-17(11-14)23-13-22-16;/h1-6,11H,7-10,12-13H2;1H. The molecular weight excluding hydrogens is 358 g/mol. The SMILES string of the molecule is Cl.S=C(c1ccccn1)N1CCN(Cc2ccc3c(c2)OCO3)CC1. The summed E-state index contributed by atoms with van der Waals surface area (Å²) in [5, 5.41) is 0. The van der Waals surface area contributed by atoms with Crippen LogP contribution in [0.1, 0.15) is 11.3 Å². The molecule has 132 valence electrons. The molecule has 0 bridgehead atoms. The van der Waals surface area contributed by atoms with Gasteiger partial charge in [0, 0.05) is 38.9 Å². The van der Waals surface area contributed by atoms with E-state index in [0.717, 1.165) is 54.9 Å². The molecule has 0 unspecified atom stereocenters. The smallest absolute Gasteiger partial charge is 0.231 e. The lowest BCUT2D eigenvalue weighted by atomic mass is 10.1. The zero-order valence-electron chi connectivity index (χ0n) is 13.8. The topological polar surface area (TPSA) is 37.8 Å². The molecule has 25 heavy (non-hydrogen) atoms. The highest BCUT2D eigenvalue weighted by Gasteiger charge is 2.21. The fraction of sp³-hybridized carbons (Fsp3) is 0.333. The van der Waals surface area contributed by atoms with Crippen molar-refractivity contribution in [3.05, 3.63) is 53.9 Å². The first-order chi connectivity index (χ1) is 11.8. The van der Waals surface area contributed by atoms with Crippen molar-refractivity contribution in [1.82, 2.24) is 14.8 Å². The Labute approximate surface area is 159 Å². The summed E-state index contributed by atoms with van der Waals surface area (Å²) in [4.78, 5) is 9.88. The fourth-order valence-electron chi connectivity index (χ4n) is 3.06. The Morgan fingerprint density at radius 3 is 2.60 bits per heavy atom. The Morgan fingerprint density at radius 1 is 1.04 bits per heavy atom. The zero-order chi connectivity index (χ0) is 16.4. The second-order valence-electron chi connectivity index (χ2n) is 5.97. The fourth-order valence-corrected chi connectivity index (χ4v) is 3.36. The first-order valence-corrected chi connectivity index (χ1v) is 8.51. The van der Waals surface area contributed by atoms with Gasteiger partial charge < -0.3 is 14.4 Å². The first kappa shape index (κ1) is 17.9. The highest BCUT2D eigenvalue weighted by molar-refractivity contribution is 7.80. The van der Waals surface area contributed by atoms with Gasteiger partial charge in [-0.15, -0.1) is 12.4 Å². The number of ether oxygens (including phenoxy) is 2. The van der Waals surface area contributed by atoms with Gasteiger partial charge in [0.25, 0.3) is 0 Å². The van der Waals surface area contributed by atoms with Crippen molar-refractivity contribution in [2.45, 2.75) is 6.54 Å². The van der Waals surface area contributed by atoms with E-state index >= 15 is 0 Å². The molecule has 1 fully saturated rings. The molecule has 5 nitrogen and oxygen atoms in total. The quantitative estimate of drug-likeness (QED) is 0.766. The van der Waals surface area contributed by atoms with Crippen molar-refractivity contribution in [2.24, 2.45) is 0 Å². The molecule has 2 aliphatic heterocycles. The minimum atomic E-state index is 0. The molecule has 0 saturated carbocycles. The Hall–Kier alpha value is -1.89. The van der Waals surface area contributed by atoms with Gasteiger partial charge in [-0.3, -0.25) is 9.88 Å². The van der Waals surface area contributed by atoms with E-state index in [1.807, 2.05) is 24.3 Å². The summed E-state index contributed by atoms with van der Waals surface area (Å²) >= 11 is 5.58. The van der Waals surface area contributed by atoms with Crippen LogP contribution in [0.4, 0.5) is 0 Å². The Bertz CT molecular complexity index is 736. The molecule has 0 amide bonds. The maximum atomic E-state index is 5.58. The van der Waals surface area contributed by atoms with Gasteiger partial charge in [0.2, 0.25) is 6.79 Å². The van der Waals surface area contributed by atoms with Crippen molar-refractivity contribution in [3.8, 4) is 11.5 Å². The summed E-state index contributed by atoms with van der Waals surface area (Å²) in [6, 6.07) is 12.0. The molecule has 2 aliphatic rings. The molecule has 0 radical (unpaired) electrons. The van der Waals surface area contributed by atoms with E-state index < -0.39 is 0 Å². The summed E-state index contributed by atoms with van der Waals surface area (Å²) in [7, 11) is 0. The molecule has 4 rings (SSSR count). The third-order valence-corrected chi connectivity index (χ3v) is 4.85. The van der Waals surface area contributed by atoms with Crippen LogP contribution in [0.15, 0.2) is 42.6 Å². The van der Waals surface area contributed by atoms with E-state index in [1.165, 1.54) is 5.56 Å². The van der Waals surface area contributed by atoms with Crippen molar-refractivity contribution in [1.29, 1.82) is 0 Å². The minimum Gasteiger partial charge on any atom is -0.454 e. The van der Waals surface area contributed by atoms with Crippen LogP contribution in [0, 0.1) is 0 Å². The predicted octanol–water partition coefficient (Wildman–Crippen LogP) is 2.73. The average molecular weight is 378 g/mol. The number of thiocarbonyl (C=S) groups is 1. The lowest BCUT2D eigenvalue weighted by Crippen LogP contribution is -2.48. The molecule has 3 heterocycles. The van der Waals surface area contributed by atoms with E-state index in [0.29, 0.717) is 6.79 Å². The van der Waals surface area contributed by atoms with Crippen molar-refractivity contribution in [2.75, 3.05) is 33.0 Å². The number of nitrogens with zero attached hydrogens (tertiary/aromatic N) is 3. The molecule has 7 heteroatoms. The third-order valence-electron chi connectivity index (χ3n) is 4.39. The Kier molecular flexibility index (Phi) is 5.73.